The first-order valence-electron chi connectivity index (χ1n) is 5.44. The van der Waals surface area contributed by atoms with E-state index in [1.807, 2.05) is 13.8 Å². The molecule has 15 heavy (non-hydrogen) atoms. The summed E-state index contributed by atoms with van der Waals surface area (Å²) in [7, 11) is 0. The minimum atomic E-state index is -0.0693. The van der Waals surface area contributed by atoms with E-state index in [9.17, 15) is 9.59 Å². The van der Waals surface area contributed by atoms with Crippen molar-refractivity contribution in [2.45, 2.75) is 26.7 Å². The largest absolute Gasteiger partial charge is 0.355 e. The summed E-state index contributed by atoms with van der Waals surface area (Å²) < 4.78 is 0. The van der Waals surface area contributed by atoms with E-state index in [1.54, 1.807) is 0 Å². The third-order valence-electron chi connectivity index (χ3n) is 1.72. The molecule has 0 saturated carbocycles. The van der Waals surface area contributed by atoms with Crippen molar-refractivity contribution < 1.29 is 9.59 Å². The Labute approximate surface area is 91.0 Å². The maximum absolute atomic E-state index is 11.1. The van der Waals surface area contributed by atoms with Crippen LogP contribution in [-0.4, -0.2) is 38.0 Å². The van der Waals surface area contributed by atoms with Crippen molar-refractivity contribution in [2.75, 3.05) is 26.2 Å². The maximum Gasteiger partial charge on any atom is 0.233 e. The molecule has 0 aromatic carbocycles. The molecule has 0 fully saturated rings. The van der Waals surface area contributed by atoms with Gasteiger partial charge < -0.3 is 10.6 Å². The molecule has 0 aliphatic heterocycles. The third kappa shape index (κ3) is 9.21. The van der Waals surface area contributed by atoms with Gasteiger partial charge in [0.2, 0.25) is 11.8 Å². The van der Waals surface area contributed by atoms with Crippen LogP contribution in [0.15, 0.2) is 0 Å². The Hall–Kier alpha value is -1.10. The number of carbonyl (C=O) groups is 2. The van der Waals surface area contributed by atoms with Crippen LogP contribution in [0, 0.1) is 0 Å². The van der Waals surface area contributed by atoms with Gasteiger partial charge in [0.05, 0.1) is 13.1 Å². The highest BCUT2D eigenvalue weighted by Gasteiger charge is 2.02. The minimum absolute atomic E-state index is 0.0693. The summed E-state index contributed by atoms with van der Waals surface area (Å²) in [6, 6.07) is 0. The summed E-state index contributed by atoms with van der Waals surface area (Å²) in [6.45, 7) is 5.74. The van der Waals surface area contributed by atoms with Crippen molar-refractivity contribution in [2.24, 2.45) is 0 Å². The van der Waals surface area contributed by atoms with E-state index < -0.39 is 0 Å². The van der Waals surface area contributed by atoms with Crippen molar-refractivity contribution in [3.8, 4) is 0 Å². The van der Waals surface area contributed by atoms with Gasteiger partial charge in [0, 0.05) is 13.1 Å². The lowest BCUT2D eigenvalue weighted by molar-refractivity contribution is -0.121. The number of nitrogens with one attached hydrogen (secondary N) is 3. The van der Waals surface area contributed by atoms with Crippen molar-refractivity contribution in [3.63, 3.8) is 0 Å². The van der Waals surface area contributed by atoms with E-state index in [1.165, 1.54) is 0 Å². The van der Waals surface area contributed by atoms with Gasteiger partial charge in [0.1, 0.15) is 0 Å². The second kappa shape index (κ2) is 9.45. The van der Waals surface area contributed by atoms with Gasteiger partial charge in [-0.3, -0.25) is 14.9 Å². The number of hydrogen-bond donors (Lipinski definition) is 3. The monoisotopic (exact) mass is 215 g/mol. The van der Waals surface area contributed by atoms with Gasteiger partial charge >= 0.3 is 0 Å². The lowest BCUT2D eigenvalue weighted by Gasteiger charge is -2.06. The van der Waals surface area contributed by atoms with Gasteiger partial charge in [-0.15, -0.1) is 0 Å². The van der Waals surface area contributed by atoms with E-state index in [0.29, 0.717) is 13.1 Å². The Bertz CT molecular complexity index is 175. The van der Waals surface area contributed by atoms with Gasteiger partial charge in [0.25, 0.3) is 0 Å². The zero-order valence-electron chi connectivity index (χ0n) is 9.56. The number of amides is 2. The van der Waals surface area contributed by atoms with Gasteiger partial charge in [0.15, 0.2) is 0 Å². The fourth-order valence-electron chi connectivity index (χ4n) is 0.943. The molecule has 0 bridgehead atoms. The van der Waals surface area contributed by atoms with Crippen LogP contribution < -0.4 is 16.0 Å². The molecule has 0 atom stereocenters. The Morgan fingerprint density at radius 3 is 1.60 bits per heavy atom. The molecule has 0 aliphatic rings. The molecule has 0 aromatic rings. The third-order valence-corrected chi connectivity index (χ3v) is 1.72. The molecule has 2 amide bonds. The summed E-state index contributed by atoms with van der Waals surface area (Å²) in [4.78, 5) is 22.2. The predicted octanol–water partition coefficient (Wildman–Crippen LogP) is -0.372. The van der Waals surface area contributed by atoms with Gasteiger partial charge in [-0.2, -0.15) is 0 Å². The van der Waals surface area contributed by atoms with Crippen LogP contribution in [0.25, 0.3) is 0 Å². The molecule has 0 unspecified atom stereocenters. The topological polar surface area (TPSA) is 70.2 Å². The van der Waals surface area contributed by atoms with Crippen LogP contribution in [0.1, 0.15) is 26.7 Å². The molecule has 88 valence electrons. The van der Waals surface area contributed by atoms with E-state index in [4.69, 9.17) is 0 Å². The summed E-state index contributed by atoms with van der Waals surface area (Å²) >= 11 is 0. The Morgan fingerprint density at radius 1 is 0.867 bits per heavy atom. The van der Waals surface area contributed by atoms with Gasteiger partial charge in [-0.25, -0.2) is 0 Å². The van der Waals surface area contributed by atoms with Crippen LogP contribution in [0.3, 0.4) is 0 Å². The number of hydrogen-bond acceptors (Lipinski definition) is 3. The standard InChI is InChI=1S/C10H21N3O2/c1-3-5-12-9(14)7-11-8-10(15)13-6-4-2/h11H,3-8H2,1-2H3,(H,12,14)(H,13,15). The lowest BCUT2D eigenvalue weighted by Crippen LogP contribution is -2.40. The molecule has 5 heteroatoms. The molecular formula is C10H21N3O2. The summed E-state index contributed by atoms with van der Waals surface area (Å²) in [6.07, 6.45) is 1.84. The molecule has 0 rings (SSSR count). The quantitative estimate of drug-likeness (QED) is 0.517. The van der Waals surface area contributed by atoms with Crippen LogP contribution in [-0.2, 0) is 9.59 Å². The summed E-state index contributed by atoms with van der Waals surface area (Å²) in [5, 5.41) is 8.21. The average Bonchev–Trinajstić information content (AvgIpc) is 2.23. The molecule has 5 nitrogen and oxygen atoms in total. The zero-order valence-corrected chi connectivity index (χ0v) is 9.56. The molecule has 0 heterocycles. The molecule has 0 radical (unpaired) electrons. The van der Waals surface area contributed by atoms with E-state index >= 15 is 0 Å². The summed E-state index contributed by atoms with van der Waals surface area (Å²) in [5.41, 5.74) is 0. The smallest absolute Gasteiger partial charge is 0.233 e. The molecule has 0 aromatic heterocycles. The number of carbonyl (C=O) groups excluding carboxylic acids is 2. The minimum Gasteiger partial charge on any atom is -0.355 e. The summed E-state index contributed by atoms with van der Waals surface area (Å²) in [5.74, 6) is -0.139. The van der Waals surface area contributed by atoms with Gasteiger partial charge in [-0.1, -0.05) is 13.8 Å². The lowest BCUT2D eigenvalue weighted by atomic mass is 10.4. The van der Waals surface area contributed by atoms with Gasteiger partial charge in [-0.05, 0) is 12.8 Å². The fraction of sp³-hybridized carbons (Fsp3) is 0.800. The highest BCUT2D eigenvalue weighted by Crippen LogP contribution is 1.72. The highest BCUT2D eigenvalue weighted by atomic mass is 16.2. The zero-order chi connectivity index (χ0) is 11.5. The molecule has 3 N–H and O–H groups in total. The first-order valence-corrected chi connectivity index (χ1v) is 5.44. The Balaban J connectivity index is 3.36. The molecule has 0 aliphatic carbocycles. The van der Waals surface area contributed by atoms with Crippen molar-refractivity contribution in [3.05, 3.63) is 0 Å². The van der Waals surface area contributed by atoms with E-state index in [2.05, 4.69) is 16.0 Å². The van der Waals surface area contributed by atoms with Crippen molar-refractivity contribution >= 4 is 11.8 Å². The predicted molar refractivity (Wildman–Crippen MR) is 59.5 cm³/mol. The Morgan fingerprint density at radius 2 is 1.27 bits per heavy atom. The van der Waals surface area contributed by atoms with Crippen molar-refractivity contribution in [1.82, 2.24) is 16.0 Å². The molecule has 0 saturated heterocycles. The van der Waals surface area contributed by atoms with Crippen LogP contribution in [0.2, 0.25) is 0 Å². The molecule has 0 spiro atoms. The molecular weight excluding hydrogens is 194 g/mol. The van der Waals surface area contributed by atoms with E-state index in [-0.39, 0.29) is 24.9 Å². The SMILES string of the molecule is CCCNC(=O)CNCC(=O)NCCC. The van der Waals surface area contributed by atoms with Crippen LogP contribution in [0.5, 0.6) is 0 Å². The first kappa shape index (κ1) is 13.9. The maximum atomic E-state index is 11.1. The Kier molecular flexibility index (Phi) is 8.76. The van der Waals surface area contributed by atoms with Crippen LogP contribution >= 0.6 is 0 Å². The fourth-order valence-corrected chi connectivity index (χ4v) is 0.943. The van der Waals surface area contributed by atoms with Crippen molar-refractivity contribution in [1.29, 1.82) is 0 Å². The van der Waals surface area contributed by atoms with Crippen LogP contribution in [0.4, 0.5) is 0 Å². The average molecular weight is 215 g/mol. The highest BCUT2D eigenvalue weighted by molar-refractivity contribution is 5.80. The normalized spacial score (nSPS) is 9.73. The van der Waals surface area contributed by atoms with E-state index in [0.717, 1.165) is 12.8 Å². The number of rotatable bonds is 8. The second-order valence-corrected chi connectivity index (χ2v) is 3.30. The second-order valence-electron chi connectivity index (χ2n) is 3.30. The first-order chi connectivity index (χ1) is 7.20.